The van der Waals surface area contributed by atoms with Crippen molar-refractivity contribution < 1.29 is 4.74 Å². The third-order valence-corrected chi connectivity index (χ3v) is 2.69. The number of nitrogens with one attached hydrogen (secondary N) is 2. The van der Waals surface area contributed by atoms with E-state index in [4.69, 9.17) is 4.74 Å². The molecule has 0 radical (unpaired) electrons. The van der Waals surface area contributed by atoms with Gasteiger partial charge in [-0.15, -0.1) is 0 Å². The summed E-state index contributed by atoms with van der Waals surface area (Å²) in [5, 5.41) is 14.0. The Morgan fingerprint density at radius 3 is 3.05 bits per heavy atom. The lowest BCUT2D eigenvalue weighted by atomic mass is 10.5. The molecule has 2 unspecified atom stereocenters. The van der Waals surface area contributed by atoms with Crippen LogP contribution in [0, 0.1) is 0 Å². The molecule has 0 aliphatic carbocycles. The topological polar surface area (TPSA) is 93.5 Å². The van der Waals surface area contributed by atoms with Gasteiger partial charge in [-0.25, -0.2) is 14.6 Å². The summed E-state index contributed by atoms with van der Waals surface area (Å²) in [6.45, 7) is 1.93. The highest BCUT2D eigenvalue weighted by Crippen LogP contribution is 2.21. The van der Waals surface area contributed by atoms with Crippen molar-refractivity contribution in [2.45, 2.75) is 12.8 Å². The molecule has 0 bridgehead atoms. The fourth-order valence-electron chi connectivity index (χ4n) is 1.73. The Bertz CT molecular complexity index is 735. The molecule has 8 nitrogen and oxygen atoms in total. The zero-order valence-electron chi connectivity index (χ0n) is 11.0. The van der Waals surface area contributed by atoms with Crippen LogP contribution >= 0.6 is 9.24 Å². The van der Waals surface area contributed by atoms with Crippen LogP contribution in [0.3, 0.4) is 0 Å². The quantitative estimate of drug-likeness (QED) is 0.706. The first-order valence-corrected chi connectivity index (χ1v) is 6.68. The van der Waals surface area contributed by atoms with Crippen LogP contribution in [0.2, 0.25) is 0 Å². The van der Waals surface area contributed by atoms with Gasteiger partial charge in [0, 0.05) is 13.1 Å². The molecule has 2 atom stereocenters. The Labute approximate surface area is 117 Å². The fraction of sp³-hybridized carbons (Fsp3) is 0.273. The molecule has 0 aliphatic heterocycles. The van der Waals surface area contributed by atoms with E-state index in [9.17, 15) is 0 Å². The van der Waals surface area contributed by atoms with Crippen molar-refractivity contribution in [2.75, 3.05) is 5.32 Å². The zero-order valence-corrected chi connectivity index (χ0v) is 12.2. The first-order valence-electron chi connectivity index (χ1n) is 6.01. The van der Waals surface area contributed by atoms with Gasteiger partial charge in [-0.1, -0.05) is 9.24 Å². The van der Waals surface area contributed by atoms with Crippen LogP contribution in [0.4, 0.5) is 11.6 Å². The summed E-state index contributed by atoms with van der Waals surface area (Å²) in [5.41, 5.74) is 1.35. The summed E-state index contributed by atoms with van der Waals surface area (Å²) in [6.07, 6.45) is 3.25. The van der Waals surface area contributed by atoms with E-state index in [0.29, 0.717) is 23.2 Å². The number of fused-ring (bicyclic) bond motifs is 1. The average Bonchev–Trinajstić information content (AvgIpc) is 2.96. The van der Waals surface area contributed by atoms with E-state index in [1.165, 1.54) is 0 Å². The van der Waals surface area contributed by atoms with Crippen LogP contribution in [0.1, 0.15) is 6.92 Å². The number of aromatic amines is 1. The number of anilines is 2. The lowest BCUT2D eigenvalue weighted by Crippen LogP contribution is -2.05. The molecule has 104 valence electrons. The second-order valence-electron chi connectivity index (χ2n) is 4.30. The highest BCUT2D eigenvalue weighted by molar-refractivity contribution is 7.17. The fourth-order valence-corrected chi connectivity index (χ4v) is 1.87. The molecule has 3 rings (SSSR count). The number of hydrogen-bond acceptors (Lipinski definition) is 6. The number of ether oxygens (including phenoxy) is 1. The molecule has 0 spiro atoms. The van der Waals surface area contributed by atoms with E-state index in [1.54, 1.807) is 23.1 Å². The summed E-state index contributed by atoms with van der Waals surface area (Å²) in [4.78, 5) is 8.57. The Morgan fingerprint density at radius 1 is 1.40 bits per heavy atom. The van der Waals surface area contributed by atoms with Crippen LogP contribution in [-0.4, -0.2) is 35.8 Å². The van der Waals surface area contributed by atoms with E-state index >= 15 is 0 Å². The van der Waals surface area contributed by atoms with Crippen LogP contribution in [0.15, 0.2) is 18.5 Å². The average molecular weight is 291 g/mol. The minimum Gasteiger partial charge on any atom is -0.471 e. The lowest BCUT2D eigenvalue weighted by Gasteiger charge is -2.07. The largest absolute Gasteiger partial charge is 0.471 e. The molecule has 0 saturated heterocycles. The van der Waals surface area contributed by atoms with Gasteiger partial charge in [0.15, 0.2) is 17.3 Å². The summed E-state index contributed by atoms with van der Waals surface area (Å²) in [7, 11) is 4.39. The second-order valence-corrected chi connectivity index (χ2v) is 5.24. The van der Waals surface area contributed by atoms with Crippen molar-refractivity contribution >= 4 is 32.0 Å². The Kier molecular flexibility index (Phi) is 3.23. The van der Waals surface area contributed by atoms with Crippen LogP contribution in [0.25, 0.3) is 11.2 Å². The van der Waals surface area contributed by atoms with Gasteiger partial charge in [0.1, 0.15) is 11.4 Å². The number of rotatable bonds is 4. The van der Waals surface area contributed by atoms with Gasteiger partial charge in [-0.3, -0.25) is 5.10 Å². The molecule has 0 amide bonds. The highest BCUT2D eigenvalue weighted by atomic mass is 31.0. The normalized spacial score (nSPS) is 12.6. The standard InChI is InChI=1S/C11H14N7OP/c1-6(20)19-10-3-8(17-18(10)2)14-9-5-12-7-4-13-16-11(7)15-9/h3-6H,20H2,1-2H3,(H2,13,14,15,16,17). The van der Waals surface area contributed by atoms with Gasteiger partial charge >= 0.3 is 0 Å². The highest BCUT2D eigenvalue weighted by Gasteiger charge is 2.09. The van der Waals surface area contributed by atoms with Gasteiger partial charge < -0.3 is 10.1 Å². The van der Waals surface area contributed by atoms with Crippen LogP contribution in [-0.2, 0) is 7.05 Å². The molecule has 2 N–H and O–H groups in total. The summed E-state index contributed by atoms with van der Waals surface area (Å²) < 4.78 is 7.25. The SMILES string of the molecule is CC(P)Oc1cc(Nc2cnc3cn[nH]c3n2)nn1C. The molecular weight excluding hydrogens is 277 g/mol. The summed E-state index contributed by atoms with van der Waals surface area (Å²) in [5.74, 6) is 1.91. The molecule has 0 saturated carbocycles. The van der Waals surface area contributed by atoms with Gasteiger partial charge in [0.05, 0.1) is 12.4 Å². The van der Waals surface area contributed by atoms with Crippen molar-refractivity contribution in [3.05, 3.63) is 18.5 Å². The van der Waals surface area contributed by atoms with E-state index in [1.807, 2.05) is 14.0 Å². The van der Waals surface area contributed by atoms with Gasteiger partial charge in [-0.05, 0) is 6.92 Å². The molecule has 9 heteroatoms. The van der Waals surface area contributed by atoms with Crippen molar-refractivity contribution in [3.63, 3.8) is 0 Å². The zero-order chi connectivity index (χ0) is 14.1. The van der Waals surface area contributed by atoms with Crippen molar-refractivity contribution in [1.82, 2.24) is 29.9 Å². The molecule has 0 aromatic carbocycles. The molecule has 20 heavy (non-hydrogen) atoms. The second kappa shape index (κ2) is 5.05. The monoisotopic (exact) mass is 291 g/mol. The molecule has 0 aliphatic rings. The van der Waals surface area contributed by atoms with Crippen LogP contribution in [0.5, 0.6) is 5.88 Å². The summed E-state index contributed by atoms with van der Waals surface area (Å²) >= 11 is 0. The Balaban J connectivity index is 1.83. The minimum absolute atomic E-state index is 0.0133. The molecule has 0 fully saturated rings. The first kappa shape index (κ1) is 12.8. The molecular formula is C11H14N7OP. The van der Waals surface area contributed by atoms with E-state index in [0.717, 1.165) is 5.52 Å². The maximum Gasteiger partial charge on any atom is 0.214 e. The maximum absolute atomic E-state index is 5.59. The third-order valence-electron chi connectivity index (χ3n) is 2.56. The number of H-pyrrole nitrogens is 1. The van der Waals surface area contributed by atoms with Crippen molar-refractivity contribution in [3.8, 4) is 5.88 Å². The van der Waals surface area contributed by atoms with E-state index < -0.39 is 0 Å². The number of aryl methyl sites for hydroxylation is 1. The van der Waals surface area contributed by atoms with Crippen molar-refractivity contribution in [1.29, 1.82) is 0 Å². The lowest BCUT2D eigenvalue weighted by molar-refractivity contribution is 0.280. The van der Waals surface area contributed by atoms with Gasteiger partial charge in [0.25, 0.3) is 0 Å². The Hall–Kier alpha value is -2.21. The smallest absolute Gasteiger partial charge is 0.214 e. The van der Waals surface area contributed by atoms with Crippen LogP contribution < -0.4 is 10.1 Å². The molecule has 3 aromatic heterocycles. The van der Waals surface area contributed by atoms with Gasteiger partial charge in [0.2, 0.25) is 5.88 Å². The number of nitrogens with zero attached hydrogens (tertiary/aromatic N) is 5. The predicted molar refractivity (Wildman–Crippen MR) is 78.0 cm³/mol. The number of hydrogen-bond donors (Lipinski definition) is 2. The van der Waals surface area contributed by atoms with Gasteiger partial charge in [-0.2, -0.15) is 10.2 Å². The molecule has 3 aromatic rings. The van der Waals surface area contributed by atoms with E-state index in [2.05, 4.69) is 39.8 Å². The summed E-state index contributed by atoms with van der Waals surface area (Å²) in [6, 6.07) is 1.80. The Morgan fingerprint density at radius 2 is 2.25 bits per heavy atom. The number of aromatic nitrogens is 6. The minimum atomic E-state index is 0.0133. The third kappa shape index (κ3) is 2.55. The van der Waals surface area contributed by atoms with Crippen molar-refractivity contribution in [2.24, 2.45) is 7.05 Å². The molecule has 3 heterocycles. The maximum atomic E-state index is 5.59. The predicted octanol–water partition coefficient (Wildman–Crippen LogP) is 1.43. The van der Waals surface area contributed by atoms with E-state index in [-0.39, 0.29) is 5.85 Å². The first-order chi connectivity index (χ1) is 9.61.